The summed E-state index contributed by atoms with van der Waals surface area (Å²) in [7, 11) is 0. The van der Waals surface area contributed by atoms with E-state index in [1.165, 1.54) is 0 Å². The molecule has 0 saturated heterocycles. The molecule has 2 rings (SSSR count). The van der Waals surface area contributed by atoms with E-state index in [9.17, 15) is 9.59 Å². The minimum absolute atomic E-state index is 0.231. The van der Waals surface area contributed by atoms with E-state index in [1.807, 2.05) is 0 Å². The van der Waals surface area contributed by atoms with E-state index in [2.05, 4.69) is 0 Å². The molecule has 0 unspecified atom stereocenters. The molecule has 6 nitrogen and oxygen atoms in total. The zero-order chi connectivity index (χ0) is 17.9. The van der Waals surface area contributed by atoms with Crippen molar-refractivity contribution in [1.82, 2.24) is 0 Å². The van der Waals surface area contributed by atoms with Gasteiger partial charge in [0.2, 0.25) is 0 Å². The van der Waals surface area contributed by atoms with Crippen LogP contribution in [0.25, 0.3) is 11.0 Å². The van der Waals surface area contributed by atoms with Crippen molar-refractivity contribution in [3.8, 4) is 5.75 Å². The van der Waals surface area contributed by atoms with Crippen LogP contribution >= 0.6 is 0 Å². The molecule has 0 radical (unpaired) electrons. The van der Waals surface area contributed by atoms with Crippen LogP contribution in [0.15, 0.2) is 22.6 Å². The van der Waals surface area contributed by atoms with Crippen LogP contribution in [0.1, 0.15) is 43.8 Å². The molecular weight excluding hydrogens is 312 g/mol. The molecule has 0 amide bonds. The molecule has 0 bridgehead atoms. The van der Waals surface area contributed by atoms with Gasteiger partial charge in [-0.1, -0.05) is 0 Å². The van der Waals surface area contributed by atoms with E-state index in [4.69, 9.17) is 18.6 Å². The van der Waals surface area contributed by atoms with Crippen LogP contribution in [0.3, 0.4) is 0 Å². The van der Waals surface area contributed by atoms with Gasteiger partial charge in [-0.15, -0.1) is 0 Å². The van der Waals surface area contributed by atoms with Crippen LogP contribution in [0.4, 0.5) is 0 Å². The topological polar surface area (TPSA) is 75.0 Å². The smallest absolute Gasteiger partial charge is 0.347 e. The zero-order valence-corrected chi connectivity index (χ0v) is 14.5. The Morgan fingerprint density at radius 2 is 1.92 bits per heavy atom. The van der Waals surface area contributed by atoms with Crippen molar-refractivity contribution in [2.75, 3.05) is 6.61 Å². The Kier molecular flexibility index (Phi) is 5.49. The molecule has 130 valence electrons. The fraction of sp³-hybridized carbons (Fsp3) is 0.444. The molecule has 1 aromatic carbocycles. The molecule has 0 aliphatic rings. The van der Waals surface area contributed by atoms with Crippen LogP contribution in [0.5, 0.6) is 5.75 Å². The molecular formula is C18H22O6. The summed E-state index contributed by atoms with van der Waals surface area (Å²) < 4.78 is 21.4. The van der Waals surface area contributed by atoms with Crippen molar-refractivity contribution in [3.63, 3.8) is 0 Å². The highest BCUT2D eigenvalue weighted by molar-refractivity contribution is 6.05. The van der Waals surface area contributed by atoms with Crippen LogP contribution < -0.4 is 4.74 Å². The van der Waals surface area contributed by atoms with Gasteiger partial charge >= 0.3 is 11.9 Å². The standard InChI is InChI=1S/C18H22O6/c1-6-21-17(19)12(5)23-13-7-8-15-14(9-13)16(11(4)24-15)18(20)22-10(2)3/h7-10,12H,6H2,1-5H3/t12-/m1/s1. The summed E-state index contributed by atoms with van der Waals surface area (Å²) in [5, 5.41) is 0.590. The first-order valence-electron chi connectivity index (χ1n) is 7.90. The van der Waals surface area contributed by atoms with Gasteiger partial charge in [-0.3, -0.25) is 0 Å². The Hall–Kier alpha value is -2.50. The molecule has 0 aliphatic heterocycles. The van der Waals surface area contributed by atoms with Gasteiger partial charge < -0.3 is 18.6 Å². The third kappa shape index (κ3) is 3.88. The molecule has 0 N–H and O–H groups in total. The predicted molar refractivity (Wildman–Crippen MR) is 88.2 cm³/mol. The van der Waals surface area contributed by atoms with E-state index in [0.29, 0.717) is 28.0 Å². The summed E-state index contributed by atoms with van der Waals surface area (Å²) >= 11 is 0. The van der Waals surface area contributed by atoms with E-state index in [1.54, 1.807) is 52.8 Å². The van der Waals surface area contributed by atoms with Gasteiger partial charge in [0.25, 0.3) is 0 Å². The number of aryl methyl sites for hydroxylation is 1. The minimum Gasteiger partial charge on any atom is -0.479 e. The summed E-state index contributed by atoms with van der Waals surface area (Å²) in [6.45, 7) is 8.90. The number of hydrogen-bond donors (Lipinski definition) is 0. The third-order valence-corrected chi connectivity index (χ3v) is 3.31. The highest BCUT2D eigenvalue weighted by Gasteiger charge is 2.22. The first kappa shape index (κ1) is 17.8. The average molecular weight is 334 g/mol. The normalized spacial score (nSPS) is 12.2. The first-order chi connectivity index (χ1) is 11.3. The summed E-state index contributed by atoms with van der Waals surface area (Å²) in [5.74, 6) is 0.0333. The van der Waals surface area contributed by atoms with Crippen LogP contribution in [0, 0.1) is 6.92 Å². The van der Waals surface area contributed by atoms with E-state index in [0.717, 1.165) is 0 Å². The quantitative estimate of drug-likeness (QED) is 0.751. The largest absolute Gasteiger partial charge is 0.479 e. The molecule has 6 heteroatoms. The Bertz CT molecular complexity index is 743. The van der Waals surface area contributed by atoms with Crippen LogP contribution in [0.2, 0.25) is 0 Å². The lowest BCUT2D eigenvalue weighted by Crippen LogP contribution is -2.26. The summed E-state index contributed by atoms with van der Waals surface area (Å²) in [6, 6.07) is 5.04. The highest BCUT2D eigenvalue weighted by Crippen LogP contribution is 2.30. The second-order valence-corrected chi connectivity index (χ2v) is 5.66. The Morgan fingerprint density at radius 1 is 1.21 bits per heavy atom. The predicted octanol–water partition coefficient (Wildman–Crippen LogP) is 3.64. The Morgan fingerprint density at radius 3 is 2.54 bits per heavy atom. The van der Waals surface area contributed by atoms with Crippen molar-refractivity contribution >= 4 is 22.9 Å². The number of carbonyl (C=O) groups excluding carboxylic acids is 2. The lowest BCUT2D eigenvalue weighted by molar-refractivity contribution is -0.150. The number of furan rings is 1. The molecule has 0 saturated carbocycles. The van der Waals surface area contributed by atoms with Crippen molar-refractivity contribution in [2.24, 2.45) is 0 Å². The molecule has 0 spiro atoms. The summed E-state index contributed by atoms with van der Waals surface area (Å²) in [4.78, 5) is 24.0. The van der Waals surface area contributed by atoms with Gasteiger partial charge in [-0.25, -0.2) is 9.59 Å². The van der Waals surface area contributed by atoms with Gasteiger partial charge in [0.1, 0.15) is 22.7 Å². The number of ether oxygens (including phenoxy) is 3. The number of benzene rings is 1. The second-order valence-electron chi connectivity index (χ2n) is 5.66. The van der Waals surface area contributed by atoms with E-state index in [-0.39, 0.29) is 12.7 Å². The van der Waals surface area contributed by atoms with Crippen LogP contribution in [-0.2, 0) is 14.3 Å². The fourth-order valence-corrected chi connectivity index (χ4v) is 2.31. The Labute approximate surface area is 140 Å². The molecule has 0 fully saturated rings. The second kappa shape index (κ2) is 7.38. The van der Waals surface area contributed by atoms with Crippen molar-refractivity contribution in [1.29, 1.82) is 0 Å². The first-order valence-corrected chi connectivity index (χ1v) is 7.90. The van der Waals surface area contributed by atoms with Gasteiger partial charge in [-0.2, -0.15) is 0 Å². The number of carbonyl (C=O) groups is 2. The van der Waals surface area contributed by atoms with Gasteiger partial charge in [0.15, 0.2) is 6.10 Å². The maximum absolute atomic E-state index is 12.3. The Balaban J connectivity index is 2.32. The van der Waals surface area contributed by atoms with E-state index < -0.39 is 18.0 Å². The SMILES string of the molecule is CCOC(=O)[C@@H](C)Oc1ccc2oc(C)c(C(=O)OC(C)C)c2c1. The number of rotatable bonds is 6. The van der Waals surface area contributed by atoms with E-state index >= 15 is 0 Å². The van der Waals surface area contributed by atoms with Crippen molar-refractivity contribution in [3.05, 3.63) is 29.5 Å². The minimum atomic E-state index is -0.749. The monoisotopic (exact) mass is 334 g/mol. The van der Waals surface area contributed by atoms with Gasteiger partial charge in [0.05, 0.1) is 12.7 Å². The highest BCUT2D eigenvalue weighted by atomic mass is 16.6. The lowest BCUT2D eigenvalue weighted by atomic mass is 10.1. The fourth-order valence-electron chi connectivity index (χ4n) is 2.31. The van der Waals surface area contributed by atoms with Crippen molar-refractivity contribution in [2.45, 2.75) is 46.8 Å². The maximum Gasteiger partial charge on any atom is 0.347 e. The van der Waals surface area contributed by atoms with Crippen molar-refractivity contribution < 1.29 is 28.2 Å². The molecule has 24 heavy (non-hydrogen) atoms. The van der Waals surface area contributed by atoms with Gasteiger partial charge in [-0.05, 0) is 52.8 Å². The average Bonchev–Trinajstić information content (AvgIpc) is 2.82. The van der Waals surface area contributed by atoms with Crippen LogP contribution in [-0.4, -0.2) is 30.8 Å². The third-order valence-electron chi connectivity index (χ3n) is 3.31. The number of fused-ring (bicyclic) bond motifs is 1. The summed E-state index contributed by atoms with van der Waals surface area (Å²) in [5.41, 5.74) is 0.923. The molecule has 1 aromatic heterocycles. The maximum atomic E-state index is 12.3. The molecule has 0 aliphatic carbocycles. The lowest BCUT2D eigenvalue weighted by Gasteiger charge is -2.13. The molecule has 2 aromatic rings. The zero-order valence-electron chi connectivity index (χ0n) is 14.5. The molecule has 1 atom stereocenters. The summed E-state index contributed by atoms with van der Waals surface area (Å²) in [6.07, 6.45) is -0.980. The number of esters is 2. The van der Waals surface area contributed by atoms with Gasteiger partial charge in [0, 0.05) is 5.39 Å². The molecule has 1 heterocycles. The number of hydrogen-bond acceptors (Lipinski definition) is 6.